The molecule has 35 heavy (non-hydrogen) atoms. The normalized spacial score (nSPS) is 20.5. The molecule has 3 atom stereocenters. The van der Waals surface area contributed by atoms with Crippen molar-refractivity contribution in [2.45, 2.75) is 57.7 Å². The van der Waals surface area contributed by atoms with Crippen LogP contribution in [0.4, 0.5) is 13.2 Å². The van der Waals surface area contributed by atoms with Crippen molar-refractivity contribution in [1.82, 2.24) is 15.2 Å². The van der Waals surface area contributed by atoms with Gasteiger partial charge in [-0.25, -0.2) is 4.98 Å². The summed E-state index contributed by atoms with van der Waals surface area (Å²) in [6.07, 6.45) is -2.84. The van der Waals surface area contributed by atoms with Gasteiger partial charge in [0.05, 0.1) is 12.5 Å². The van der Waals surface area contributed by atoms with Gasteiger partial charge in [0.2, 0.25) is 11.8 Å². The molecule has 2 N–H and O–H groups in total. The van der Waals surface area contributed by atoms with Crippen molar-refractivity contribution >= 4 is 5.91 Å². The quantitative estimate of drug-likeness (QED) is 0.509. The largest absolute Gasteiger partial charge is 0.508 e. The van der Waals surface area contributed by atoms with Crippen molar-refractivity contribution in [3.63, 3.8) is 0 Å². The molecule has 6 nitrogen and oxygen atoms in total. The first-order chi connectivity index (χ1) is 16.4. The van der Waals surface area contributed by atoms with E-state index in [9.17, 15) is 23.1 Å². The molecule has 1 saturated carbocycles. The van der Waals surface area contributed by atoms with Crippen LogP contribution in [-0.2, 0) is 11.2 Å². The average molecular weight is 494 g/mol. The average Bonchev–Trinajstić information content (AvgIpc) is 3.52. The maximum atomic E-state index is 14.0. The number of phenols is 1. The van der Waals surface area contributed by atoms with Crippen LogP contribution < -0.4 is 10.1 Å². The van der Waals surface area contributed by atoms with E-state index >= 15 is 0 Å². The number of methoxy groups -OCH3 is 1. The molecule has 0 spiro atoms. The Hall–Kier alpha value is -2.81. The molecule has 1 aliphatic carbocycles. The highest BCUT2D eigenvalue weighted by Crippen LogP contribution is 2.69. The highest BCUT2D eigenvalue weighted by atomic mass is 19.4. The highest BCUT2D eigenvalue weighted by Gasteiger charge is 2.70. The summed E-state index contributed by atoms with van der Waals surface area (Å²) in [6, 6.07) is 6.53. The zero-order valence-corrected chi connectivity index (χ0v) is 20.9. The molecule has 1 aromatic carbocycles. The zero-order valence-electron chi connectivity index (χ0n) is 20.9. The van der Waals surface area contributed by atoms with Crippen molar-refractivity contribution < 1.29 is 27.8 Å². The number of alkyl halides is 3. The zero-order chi connectivity index (χ0) is 26.0. The number of carbonyl (C=O) groups is 1. The minimum Gasteiger partial charge on any atom is -0.508 e. The second-order valence-electron chi connectivity index (χ2n) is 9.73. The number of phenolic OH excluding ortho intramolecular Hbond substituents is 1. The molecule has 0 aliphatic heterocycles. The van der Waals surface area contributed by atoms with Crippen LogP contribution in [0.1, 0.15) is 47.4 Å². The molecule has 0 saturated heterocycles. The molecule has 1 amide bonds. The number of aromatic hydroxyl groups is 1. The standard InChI is InChI=1S/C26H34F3N3O3/c1-16-10-20(33)11-17(2)21(16)12-19(32(3)4)15-30-23(34)8-9-25(26(27,28)29)13-22(25)18-6-7-24(35-5)31-14-18/h6-7,10-11,14,19,22,33H,8-9,12-13,15H2,1-5H3,(H,30,34)/t19-,22?,25?/m0/s1. The minimum atomic E-state index is -4.40. The Morgan fingerprint density at radius 1 is 1.29 bits per heavy atom. The lowest BCUT2D eigenvalue weighted by molar-refractivity contribution is -0.191. The number of pyridine rings is 1. The molecule has 1 heterocycles. The van der Waals surface area contributed by atoms with E-state index in [4.69, 9.17) is 4.74 Å². The van der Waals surface area contributed by atoms with Crippen LogP contribution in [0.15, 0.2) is 30.5 Å². The lowest BCUT2D eigenvalue weighted by atomic mass is 9.93. The third-order valence-corrected chi connectivity index (χ3v) is 7.19. The van der Waals surface area contributed by atoms with Gasteiger partial charge in [0.1, 0.15) is 5.75 Å². The van der Waals surface area contributed by atoms with Crippen LogP contribution in [0.5, 0.6) is 11.6 Å². The second kappa shape index (κ2) is 10.4. The number of carbonyl (C=O) groups excluding carboxylic acids is 1. The van der Waals surface area contributed by atoms with Crippen LogP contribution >= 0.6 is 0 Å². The first-order valence-corrected chi connectivity index (χ1v) is 11.7. The second-order valence-corrected chi connectivity index (χ2v) is 9.73. The Bertz CT molecular complexity index is 1020. The fourth-order valence-electron chi connectivity index (χ4n) is 4.81. The van der Waals surface area contributed by atoms with E-state index in [0.717, 1.165) is 16.7 Å². The Morgan fingerprint density at radius 3 is 2.46 bits per heavy atom. The summed E-state index contributed by atoms with van der Waals surface area (Å²) in [5.41, 5.74) is 1.61. The number of rotatable bonds is 10. The van der Waals surface area contributed by atoms with Gasteiger partial charge >= 0.3 is 6.18 Å². The van der Waals surface area contributed by atoms with Crippen LogP contribution in [0, 0.1) is 19.3 Å². The predicted octanol–water partition coefficient (Wildman–Crippen LogP) is 4.52. The summed E-state index contributed by atoms with van der Waals surface area (Å²) >= 11 is 0. The van der Waals surface area contributed by atoms with E-state index in [0.29, 0.717) is 24.4 Å². The van der Waals surface area contributed by atoms with E-state index in [1.54, 1.807) is 24.3 Å². The van der Waals surface area contributed by atoms with Gasteiger partial charge in [-0.1, -0.05) is 6.07 Å². The molecule has 0 radical (unpaired) electrons. The molecule has 3 rings (SSSR count). The van der Waals surface area contributed by atoms with Gasteiger partial charge in [0.25, 0.3) is 0 Å². The van der Waals surface area contributed by atoms with Gasteiger partial charge < -0.3 is 20.1 Å². The molecule has 1 aromatic heterocycles. The van der Waals surface area contributed by atoms with Gasteiger partial charge in [-0.2, -0.15) is 13.2 Å². The molecule has 192 valence electrons. The first-order valence-electron chi connectivity index (χ1n) is 11.7. The van der Waals surface area contributed by atoms with E-state index in [-0.39, 0.29) is 31.1 Å². The van der Waals surface area contributed by atoms with E-state index in [1.165, 1.54) is 13.3 Å². The number of likely N-dealkylation sites (N-methyl/N-ethyl adjacent to an activating group) is 1. The monoisotopic (exact) mass is 493 g/mol. The van der Waals surface area contributed by atoms with Crippen molar-refractivity contribution in [3.05, 3.63) is 52.7 Å². The number of hydrogen-bond donors (Lipinski definition) is 2. The molecule has 1 aliphatic rings. The smallest absolute Gasteiger partial charge is 0.395 e. The molecule has 1 fully saturated rings. The van der Waals surface area contributed by atoms with Gasteiger partial charge in [0, 0.05) is 37.2 Å². The van der Waals surface area contributed by atoms with Crippen molar-refractivity contribution in [2.24, 2.45) is 5.41 Å². The Balaban J connectivity index is 1.60. The van der Waals surface area contributed by atoms with Crippen molar-refractivity contribution in [3.8, 4) is 11.6 Å². The molecule has 2 aromatic rings. The number of hydrogen-bond acceptors (Lipinski definition) is 5. The number of nitrogens with one attached hydrogen (secondary N) is 1. The van der Waals surface area contributed by atoms with Crippen molar-refractivity contribution in [2.75, 3.05) is 27.7 Å². The molecular weight excluding hydrogens is 459 g/mol. The maximum Gasteiger partial charge on any atom is 0.395 e. The lowest BCUT2D eigenvalue weighted by Gasteiger charge is -2.27. The Morgan fingerprint density at radius 2 is 1.94 bits per heavy atom. The number of aryl methyl sites for hydroxylation is 2. The van der Waals surface area contributed by atoms with Crippen LogP contribution in [-0.4, -0.2) is 60.9 Å². The lowest BCUT2D eigenvalue weighted by Crippen LogP contribution is -2.42. The number of benzene rings is 1. The number of halogens is 3. The summed E-state index contributed by atoms with van der Waals surface area (Å²) < 4.78 is 47.0. The fourth-order valence-corrected chi connectivity index (χ4v) is 4.81. The number of ether oxygens (including phenoxy) is 1. The molecule has 2 unspecified atom stereocenters. The number of aromatic nitrogens is 1. The van der Waals surface area contributed by atoms with Crippen LogP contribution in [0.2, 0.25) is 0 Å². The van der Waals surface area contributed by atoms with Gasteiger partial charge in [-0.05, 0) is 81.6 Å². The van der Waals surface area contributed by atoms with Gasteiger partial charge in [-0.3, -0.25) is 4.79 Å². The molecule has 0 bridgehead atoms. The van der Waals surface area contributed by atoms with Gasteiger partial charge in [0.15, 0.2) is 0 Å². The first kappa shape index (κ1) is 26.8. The summed E-state index contributed by atoms with van der Waals surface area (Å²) in [7, 11) is 5.25. The highest BCUT2D eigenvalue weighted by molar-refractivity contribution is 5.76. The minimum absolute atomic E-state index is 0.0441. The number of amides is 1. The summed E-state index contributed by atoms with van der Waals surface area (Å²) in [5.74, 6) is -0.540. The van der Waals surface area contributed by atoms with E-state index in [2.05, 4.69) is 10.3 Å². The summed E-state index contributed by atoms with van der Waals surface area (Å²) in [6.45, 7) is 4.17. The molecule has 9 heteroatoms. The third kappa shape index (κ3) is 6.07. The molecular formula is C26H34F3N3O3. The van der Waals surface area contributed by atoms with Gasteiger partial charge in [-0.15, -0.1) is 0 Å². The Labute approximate surface area is 204 Å². The van der Waals surface area contributed by atoms with Crippen molar-refractivity contribution in [1.29, 1.82) is 0 Å². The predicted molar refractivity (Wildman–Crippen MR) is 128 cm³/mol. The number of nitrogens with zero attached hydrogens (tertiary/aromatic N) is 2. The van der Waals surface area contributed by atoms with E-state index < -0.39 is 23.4 Å². The van der Waals surface area contributed by atoms with E-state index in [1.807, 2.05) is 32.8 Å². The third-order valence-electron chi connectivity index (χ3n) is 7.19. The van der Waals surface area contributed by atoms with Crippen LogP contribution in [0.25, 0.3) is 0 Å². The summed E-state index contributed by atoms with van der Waals surface area (Å²) in [5, 5.41) is 12.6. The SMILES string of the molecule is COc1ccc(C2CC2(CCC(=O)NC[C@H](Cc2c(C)cc(O)cc2C)N(C)C)C(F)(F)F)cn1. The fraction of sp³-hybridized carbons (Fsp3) is 0.538. The maximum absolute atomic E-state index is 14.0. The van der Waals surface area contributed by atoms with Crippen LogP contribution in [0.3, 0.4) is 0 Å². The Kier molecular flexibility index (Phi) is 7.99. The topological polar surface area (TPSA) is 74.7 Å². The summed E-state index contributed by atoms with van der Waals surface area (Å²) in [4.78, 5) is 18.6.